The second kappa shape index (κ2) is 8.49. The van der Waals surface area contributed by atoms with Crippen molar-refractivity contribution in [2.75, 3.05) is 30.4 Å². The van der Waals surface area contributed by atoms with E-state index in [0.717, 1.165) is 29.2 Å². The predicted octanol–water partition coefficient (Wildman–Crippen LogP) is 4.33. The van der Waals surface area contributed by atoms with Gasteiger partial charge in [0.05, 0.1) is 12.2 Å². The normalized spacial score (nSPS) is 13.0. The molecule has 6 nitrogen and oxygen atoms in total. The van der Waals surface area contributed by atoms with Crippen molar-refractivity contribution in [2.45, 2.75) is 19.9 Å². The van der Waals surface area contributed by atoms with Crippen molar-refractivity contribution in [1.29, 1.82) is 0 Å². The van der Waals surface area contributed by atoms with Gasteiger partial charge in [0, 0.05) is 43.4 Å². The summed E-state index contributed by atoms with van der Waals surface area (Å²) in [5.41, 5.74) is 3.33. The standard InChI is InChI=1S/C23H24FN5O/c1-3-28(2)22-19-15-29(23(30)25-18-11-7-10-17(24)14-18)13-12-20(19)26-21(27-22)16-8-5-4-6-9-16/h4-11,14H,3,12-13,15H2,1-2H3,(H,25,30). The zero-order chi connectivity index (χ0) is 21.1. The van der Waals surface area contributed by atoms with E-state index in [1.807, 2.05) is 37.4 Å². The summed E-state index contributed by atoms with van der Waals surface area (Å²) in [6, 6.07) is 15.5. The molecule has 30 heavy (non-hydrogen) atoms. The van der Waals surface area contributed by atoms with E-state index in [0.29, 0.717) is 31.0 Å². The molecule has 7 heteroatoms. The zero-order valence-electron chi connectivity index (χ0n) is 17.1. The molecule has 1 aliphatic heterocycles. The first-order chi connectivity index (χ1) is 14.5. The molecule has 0 atom stereocenters. The van der Waals surface area contributed by atoms with Crippen molar-refractivity contribution in [1.82, 2.24) is 14.9 Å². The topological polar surface area (TPSA) is 61.4 Å². The average molecular weight is 405 g/mol. The second-order valence-electron chi connectivity index (χ2n) is 7.29. The number of hydrogen-bond acceptors (Lipinski definition) is 4. The molecule has 0 aliphatic carbocycles. The Labute approximate surface area is 175 Å². The van der Waals surface area contributed by atoms with Gasteiger partial charge in [0.15, 0.2) is 5.82 Å². The summed E-state index contributed by atoms with van der Waals surface area (Å²) in [6.07, 6.45) is 0.638. The van der Waals surface area contributed by atoms with Gasteiger partial charge in [-0.25, -0.2) is 19.2 Å². The number of aromatic nitrogens is 2. The van der Waals surface area contributed by atoms with Crippen LogP contribution in [0, 0.1) is 5.82 Å². The third-order valence-electron chi connectivity index (χ3n) is 5.27. The Morgan fingerprint density at radius 2 is 1.97 bits per heavy atom. The fourth-order valence-electron chi connectivity index (χ4n) is 3.52. The summed E-state index contributed by atoms with van der Waals surface area (Å²) in [5.74, 6) is 1.15. The highest BCUT2D eigenvalue weighted by molar-refractivity contribution is 5.89. The van der Waals surface area contributed by atoms with Crippen LogP contribution >= 0.6 is 0 Å². The van der Waals surface area contributed by atoms with Crippen LogP contribution in [-0.2, 0) is 13.0 Å². The fraction of sp³-hybridized carbons (Fsp3) is 0.261. The van der Waals surface area contributed by atoms with Crippen LogP contribution in [0.25, 0.3) is 11.4 Å². The highest BCUT2D eigenvalue weighted by Crippen LogP contribution is 2.29. The molecule has 0 spiro atoms. The number of nitrogens with zero attached hydrogens (tertiary/aromatic N) is 4. The summed E-state index contributed by atoms with van der Waals surface area (Å²) in [5, 5.41) is 2.78. The van der Waals surface area contributed by atoms with Gasteiger partial charge in [-0.1, -0.05) is 36.4 Å². The predicted molar refractivity (Wildman–Crippen MR) is 116 cm³/mol. The summed E-state index contributed by atoms with van der Waals surface area (Å²) in [6.45, 7) is 3.79. The van der Waals surface area contributed by atoms with Crippen LogP contribution in [0.2, 0.25) is 0 Å². The quantitative estimate of drug-likeness (QED) is 0.702. The minimum atomic E-state index is -0.384. The van der Waals surface area contributed by atoms with Crippen molar-refractivity contribution in [2.24, 2.45) is 0 Å². The fourth-order valence-corrected chi connectivity index (χ4v) is 3.52. The lowest BCUT2D eigenvalue weighted by Gasteiger charge is -2.31. The number of hydrogen-bond donors (Lipinski definition) is 1. The number of carbonyl (C=O) groups is 1. The van der Waals surface area contributed by atoms with Gasteiger partial charge in [0.1, 0.15) is 11.6 Å². The Hall–Kier alpha value is -3.48. The number of carbonyl (C=O) groups excluding carboxylic acids is 1. The molecule has 4 rings (SSSR count). The molecule has 0 unspecified atom stereocenters. The number of amides is 2. The first-order valence-electron chi connectivity index (χ1n) is 10.0. The van der Waals surface area contributed by atoms with Crippen LogP contribution in [0.3, 0.4) is 0 Å². The number of rotatable bonds is 4. The van der Waals surface area contributed by atoms with Gasteiger partial charge in [0.25, 0.3) is 0 Å². The Morgan fingerprint density at radius 1 is 1.17 bits per heavy atom. The molecule has 0 fully saturated rings. The lowest BCUT2D eigenvalue weighted by Crippen LogP contribution is -2.40. The SMILES string of the molecule is CCN(C)c1nc(-c2ccccc2)nc2c1CN(C(=O)Nc1cccc(F)c1)CC2. The first-order valence-corrected chi connectivity index (χ1v) is 10.0. The maximum absolute atomic E-state index is 13.4. The molecule has 0 saturated heterocycles. The zero-order valence-corrected chi connectivity index (χ0v) is 17.1. The van der Waals surface area contributed by atoms with Gasteiger partial charge >= 0.3 is 6.03 Å². The molecule has 1 aromatic heterocycles. The van der Waals surface area contributed by atoms with E-state index in [1.54, 1.807) is 17.0 Å². The highest BCUT2D eigenvalue weighted by atomic mass is 19.1. The number of anilines is 2. The van der Waals surface area contributed by atoms with E-state index in [2.05, 4.69) is 17.1 Å². The van der Waals surface area contributed by atoms with Gasteiger partial charge in [-0.15, -0.1) is 0 Å². The molecular weight excluding hydrogens is 381 g/mol. The maximum atomic E-state index is 13.4. The van der Waals surface area contributed by atoms with Crippen LogP contribution in [0.15, 0.2) is 54.6 Å². The summed E-state index contributed by atoms with van der Waals surface area (Å²) in [7, 11) is 1.99. The third-order valence-corrected chi connectivity index (χ3v) is 5.27. The lowest BCUT2D eigenvalue weighted by atomic mass is 10.0. The molecule has 0 saturated carbocycles. The van der Waals surface area contributed by atoms with E-state index in [4.69, 9.17) is 9.97 Å². The molecule has 154 valence electrons. The Balaban J connectivity index is 1.62. The molecule has 2 amide bonds. The van der Waals surface area contributed by atoms with Gasteiger partial charge in [-0.05, 0) is 25.1 Å². The van der Waals surface area contributed by atoms with Crippen molar-refractivity contribution >= 4 is 17.5 Å². The second-order valence-corrected chi connectivity index (χ2v) is 7.29. The van der Waals surface area contributed by atoms with Crippen LogP contribution in [0.5, 0.6) is 0 Å². The number of benzene rings is 2. The van der Waals surface area contributed by atoms with E-state index in [1.165, 1.54) is 12.1 Å². The molecule has 2 heterocycles. The number of nitrogens with one attached hydrogen (secondary N) is 1. The van der Waals surface area contributed by atoms with Crippen LogP contribution in [0.4, 0.5) is 20.7 Å². The van der Waals surface area contributed by atoms with Gasteiger partial charge in [-0.2, -0.15) is 0 Å². The third kappa shape index (κ3) is 4.10. The van der Waals surface area contributed by atoms with Gasteiger partial charge < -0.3 is 15.1 Å². The largest absolute Gasteiger partial charge is 0.360 e. The van der Waals surface area contributed by atoms with E-state index in [9.17, 15) is 9.18 Å². The van der Waals surface area contributed by atoms with Crippen LogP contribution in [-0.4, -0.2) is 41.0 Å². The van der Waals surface area contributed by atoms with E-state index in [-0.39, 0.29) is 11.8 Å². The van der Waals surface area contributed by atoms with E-state index >= 15 is 0 Å². The molecular formula is C23H24FN5O. The summed E-state index contributed by atoms with van der Waals surface area (Å²) >= 11 is 0. The molecule has 2 aromatic carbocycles. The molecule has 1 N–H and O–H groups in total. The Kier molecular flexibility index (Phi) is 5.61. The molecule has 0 bridgehead atoms. The number of halogens is 1. The smallest absolute Gasteiger partial charge is 0.322 e. The number of fused-ring (bicyclic) bond motifs is 1. The van der Waals surface area contributed by atoms with Crippen molar-refractivity contribution in [3.05, 3.63) is 71.7 Å². The van der Waals surface area contributed by atoms with Crippen molar-refractivity contribution in [3.63, 3.8) is 0 Å². The minimum absolute atomic E-state index is 0.261. The molecule has 1 aliphatic rings. The van der Waals surface area contributed by atoms with Gasteiger partial charge in [0.2, 0.25) is 0 Å². The average Bonchev–Trinajstić information content (AvgIpc) is 2.78. The summed E-state index contributed by atoms with van der Waals surface area (Å²) < 4.78 is 13.4. The maximum Gasteiger partial charge on any atom is 0.322 e. The summed E-state index contributed by atoms with van der Waals surface area (Å²) in [4.78, 5) is 26.2. The minimum Gasteiger partial charge on any atom is -0.360 e. The van der Waals surface area contributed by atoms with E-state index < -0.39 is 0 Å². The monoisotopic (exact) mass is 405 g/mol. The molecule has 0 radical (unpaired) electrons. The first kappa shape index (κ1) is 19.8. The Bertz CT molecular complexity index is 1060. The molecule has 3 aromatic rings. The van der Waals surface area contributed by atoms with Crippen molar-refractivity contribution in [3.8, 4) is 11.4 Å². The number of urea groups is 1. The van der Waals surface area contributed by atoms with Crippen LogP contribution in [0.1, 0.15) is 18.2 Å². The van der Waals surface area contributed by atoms with Gasteiger partial charge in [-0.3, -0.25) is 0 Å². The lowest BCUT2D eigenvalue weighted by molar-refractivity contribution is 0.206. The Morgan fingerprint density at radius 3 is 2.70 bits per heavy atom. The van der Waals surface area contributed by atoms with Crippen LogP contribution < -0.4 is 10.2 Å². The van der Waals surface area contributed by atoms with Crippen molar-refractivity contribution < 1.29 is 9.18 Å². The highest BCUT2D eigenvalue weighted by Gasteiger charge is 2.27.